The molecule has 4 heterocycles. The van der Waals surface area contributed by atoms with E-state index in [0.29, 0.717) is 44.6 Å². The highest BCUT2D eigenvalue weighted by Crippen LogP contribution is 2.39. The lowest BCUT2D eigenvalue weighted by molar-refractivity contribution is -0.147. The smallest absolute Gasteiger partial charge is 0.313 e. The van der Waals surface area contributed by atoms with Crippen LogP contribution in [0.5, 0.6) is 0 Å². The number of aromatic nitrogens is 2. The molecule has 1 atom stereocenters. The average Bonchev–Trinajstić information content (AvgIpc) is 3.11. The van der Waals surface area contributed by atoms with E-state index in [1.807, 2.05) is 0 Å². The van der Waals surface area contributed by atoms with Gasteiger partial charge in [-0.1, -0.05) is 0 Å². The first-order valence-electron chi connectivity index (χ1n) is 10.5. The number of aryl methyl sites for hydroxylation is 1. The van der Waals surface area contributed by atoms with Crippen molar-refractivity contribution in [3.63, 3.8) is 0 Å². The van der Waals surface area contributed by atoms with E-state index in [1.165, 1.54) is 10.6 Å². The Morgan fingerprint density at radius 1 is 1.24 bits per heavy atom. The van der Waals surface area contributed by atoms with Gasteiger partial charge < -0.3 is 14.4 Å². The highest BCUT2D eigenvalue weighted by atomic mass is 32.2. The van der Waals surface area contributed by atoms with Crippen molar-refractivity contribution in [2.75, 3.05) is 12.4 Å². The number of fused-ring (bicyclic) bond motifs is 5. The molecule has 172 valence electrons. The van der Waals surface area contributed by atoms with Crippen LogP contribution in [0.3, 0.4) is 0 Å². The van der Waals surface area contributed by atoms with Gasteiger partial charge in [0.15, 0.2) is 9.84 Å². The quantitative estimate of drug-likeness (QED) is 0.451. The number of aliphatic hydroxyl groups excluding tert-OH is 1. The van der Waals surface area contributed by atoms with Gasteiger partial charge in [-0.3, -0.25) is 9.59 Å². The van der Waals surface area contributed by atoms with E-state index >= 15 is 0 Å². The SMILES string of the molecule is Cc1cc2c(CS(=O)(=O)CCO)c3c(nc2cc1F)-c1cc2c(c(=O)n1C3)COC(=O)C2C. The number of benzene rings is 1. The summed E-state index contributed by atoms with van der Waals surface area (Å²) < 4.78 is 46.3. The number of esters is 1. The van der Waals surface area contributed by atoms with Crippen molar-refractivity contribution in [2.24, 2.45) is 0 Å². The third kappa shape index (κ3) is 3.36. The van der Waals surface area contributed by atoms with Gasteiger partial charge in [-0.2, -0.15) is 0 Å². The first kappa shape index (κ1) is 21.7. The Balaban J connectivity index is 1.81. The largest absolute Gasteiger partial charge is 0.460 e. The Bertz CT molecular complexity index is 1530. The minimum atomic E-state index is -3.67. The second-order valence-electron chi connectivity index (χ2n) is 8.54. The fraction of sp³-hybridized carbons (Fsp3) is 0.348. The summed E-state index contributed by atoms with van der Waals surface area (Å²) in [5.74, 6) is -2.31. The molecule has 0 radical (unpaired) electrons. The van der Waals surface area contributed by atoms with E-state index in [2.05, 4.69) is 4.98 Å². The lowest BCUT2D eigenvalue weighted by Crippen LogP contribution is -2.31. The van der Waals surface area contributed by atoms with E-state index in [-0.39, 0.29) is 30.0 Å². The van der Waals surface area contributed by atoms with Crippen molar-refractivity contribution in [1.82, 2.24) is 9.55 Å². The molecule has 1 N–H and O–H groups in total. The third-order valence-electron chi connectivity index (χ3n) is 6.42. The fourth-order valence-corrected chi connectivity index (χ4v) is 5.81. The van der Waals surface area contributed by atoms with E-state index in [4.69, 9.17) is 4.74 Å². The second kappa shape index (κ2) is 7.46. The van der Waals surface area contributed by atoms with Crippen molar-refractivity contribution in [2.45, 2.75) is 38.7 Å². The Morgan fingerprint density at radius 3 is 2.73 bits per heavy atom. The van der Waals surface area contributed by atoms with Crippen LogP contribution in [0.25, 0.3) is 22.3 Å². The molecule has 0 saturated heterocycles. The van der Waals surface area contributed by atoms with Gasteiger partial charge in [0.2, 0.25) is 0 Å². The summed E-state index contributed by atoms with van der Waals surface area (Å²) in [6, 6.07) is 4.54. The minimum Gasteiger partial charge on any atom is -0.460 e. The average molecular weight is 472 g/mol. The highest BCUT2D eigenvalue weighted by Gasteiger charge is 2.34. The van der Waals surface area contributed by atoms with E-state index in [9.17, 15) is 27.5 Å². The predicted octanol–water partition coefficient (Wildman–Crippen LogP) is 1.94. The number of carbonyl (C=O) groups is 1. The van der Waals surface area contributed by atoms with Gasteiger partial charge in [-0.15, -0.1) is 0 Å². The van der Waals surface area contributed by atoms with Crippen molar-refractivity contribution in [3.05, 3.63) is 62.2 Å². The van der Waals surface area contributed by atoms with Crippen molar-refractivity contribution < 1.29 is 27.4 Å². The lowest BCUT2D eigenvalue weighted by atomic mass is 9.94. The number of hydrogen-bond donors (Lipinski definition) is 1. The van der Waals surface area contributed by atoms with E-state index < -0.39 is 39.9 Å². The van der Waals surface area contributed by atoms with Crippen LogP contribution in [0.1, 0.15) is 40.7 Å². The molecule has 0 bridgehead atoms. The Hall–Kier alpha value is -3.11. The lowest BCUT2D eigenvalue weighted by Gasteiger charge is -2.22. The standard InChI is InChI=1S/C23H21FN2O6S/c1-11-5-14-17(10-33(30,31)4-3-27)15-8-26-20(21(15)25-19(14)7-18(11)24)6-13-12(2)23(29)32-9-16(13)22(26)28/h5-7,12,27H,3-4,8-10H2,1-2H3. The minimum absolute atomic E-state index is 0.0997. The van der Waals surface area contributed by atoms with Gasteiger partial charge in [-0.05, 0) is 42.7 Å². The summed E-state index contributed by atoms with van der Waals surface area (Å²) in [7, 11) is -3.67. The number of pyridine rings is 2. The number of sulfone groups is 1. The molecule has 0 saturated carbocycles. The number of rotatable bonds is 4. The van der Waals surface area contributed by atoms with Crippen LogP contribution in [-0.4, -0.2) is 41.4 Å². The Morgan fingerprint density at radius 2 is 2.00 bits per heavy atom. The molecular weight excluding hydrogens is 451 g/mol. The number of carbonyl (C=O) groups excluding carboxylic acids is 1. The maximum absolute atomic E-state index is 14.4. The van der Waals surface area contributed by atoms with E-state index in [0.717, 1.165) is 0 Å². The van der Waals surface area contributed by atoms with Crippen LogP contribution in [0, 0.1) is 12.7 Å². The molecule has 8 nitrogen and oxygen atoms in total. The number of aliphatic hydroxyl groups is 1. The molecule has 5 rings (SSSR count). The Labute approximate surface area is 188 Å². The number of hydrogen-bond acceptors (Lipinski definition) is 7. The number of cyclic esters (lactones) is 1. The Kier molecular flexibility index (Phi) is 4.91. The number of halogens is 1. The van der Waals surface area contributed by atoms with Gasteiger partial charge in [0.1, 0.15) is 12.4 Å². The maximum Gasteiger partial charge on any atom is 0.313 e. The third-order valence-corrected chi connectivity index (χ3v) is 7.96. The normalized spacial score (nSPS) is 17.0. The zero-order valence-corrected chi connectivity index (χ0v) is 18.8. The summed E-state index contributed by atoms with van der Waals surface area (Å²) in [4.78, 5) is 29.9. The highest BCUT2D eigenvalue weighted by molar-refractivity contribution is 7.90. The van der Waals surface area contributed by atoms with Crippen LogP contribution < -0.4 is 5.56 Å². The van der Waals surface area contributed by atoms with Gasteiger partial charge in [0.25, 0.3) is 5.56 Å². The summed E-state index contributed by atoms with van der Waals surface area (Å²) in [5, 5.41) is 9.68. The number of nitrogens with zero attached hydrogens (tertiary/aromatic N) is 2. The molecule has 1 aromatic carbocycles. The molecule has 10 heteroatoms. The molecule has 0 amide bonds. The second-order valence-corrected chi connectivity index (χ2v) is 10.7. The number of ether oxygens (including phenoxy) is 1. The fourth-order valence-electron chi connectivity index (χ4n) is 4.62. The first-order chi connectivity index (χ1) is 15.6. The van der Waals surface area contributed by atoms with Crippen LogP contribution in [0.2, 0.25) is 0 Å². The van der Waals surface area contributed by atoms with Crippen molar-refractivity contribution in [3.8, 4) is 11.4 Å². The summed E-state index contributed by atoms with van der Waals surface area (Å²) in [5.41, 5.74) is 3.10. The first-order valence-corrected chi connectivity index (χ1v) is 12.3. The molecular formula is C23H21FN2O6S. The molecule has 33 heavy (non-hydrogen) atoms. The molecule has 0 aliphatic carbocycles. The predicted molar refractivity (Wildman–Crippen MR) is 118 cm³/mol. The zero-order valence-electron chi connectivity index (χ0n) is 18.0. The van der Waals surface area contributed by atoms with Crippen LogP contribution in [-0.2, 0) is 38.3 Å². The van der Waals surface area contributed by atoms with Crippen LogP contribution in [0.15, 0.2) is 23.0 Å². The molecule has 0 fully saturated rings. The zero-order chi connectivity index (χ0) is 23.7. The topological polar surface area (TPSA) is 116 Å². The molecule has 3 aromatic rings. The van der Waals surface area contributed by atoms with Crippen molar-refractivity contribution in [1.29, 1.82) is 0 Å². The van der Waals surface area contributed by atoms with Gasteiger partial charge in [-0.25, -0.2) is 17.8 Å². The van der Waals surface area contributed by atoms with Gasteiger partial charge in [0.05, 0.1) is 53.0 Å². The summed E-state index contributed by atoms with van der Waals surface area (Å²) >= 11 is 0. The molecule has 2 aliphatic rings. The van der Waals surface area contributed by atoms with E-state index in [1.54, 1.807) is 26.0 Å². The van der Waals surface area contributed by atoms with Gasteiger partial charge in [0, 0.05) is 17.0 Å². The van der Waals surface area contributed by atoms with Crippen molar-refractivity contribution >= 4 is 26.7 Å². The van der Waals surface area contributed by atoms with Gasteiger partial charge >= 0.3 is 5.97 Å². The molecule has 2 aromatic heterocycles. The van der Waals surface area contributed by atoms with Crippen LogP contribution in [0.4, 0.5) is 4.39 Å². The molecule has 0 spiro atoms. The monoisotopic (exact) mass is 472 g/mol. The molecule has 2 aliphatic heterocycles. The van der Waals surface area contributed by atoms with Crippen LogP contribution >= 0.6 is 0 Å². The maximum atomic E-state index is 14.4. The summed E-state index contributed by atoms with van der Waals surface area (Å²) in [6.45, 7) is 2.71. The molecule has 1 unspecified atom stereocenters. The summed E-state index contributed by atoms with van der Waals surface area (Å²) in [6.07, 6.45) is 0.